The molecule has 3 aromatic carbocycles. The van der Waals surface area contributed by atoms with E-state index in [2.05, 4.69) is 10.6 Å². The van der Waals surface area contributed by atoms with Gasteiger partial charge in [-0.1, -0.05) is 78.4 Å². The van der Waals surface area contributed by atoms with Crippen molar-refractivity contribution in [2.45, 2.75) is 38.3 Å². The maximum atomic E-state index is 12.8. The molecule has 0 spiro atoms. The van der Waals surface area contributed by atoms with Crippen molar-refractivity contribution < 1.29 is 24.2 Å². The Bertz CT molecular complexity index is 1190. The third-order valence-electron chi connectivity index (χ3n) is 6.27. The Kier molecular flexibility index (Phi) is 7.15. The number of aliphatic carboxylic acids is 1. The Morgan fingerprint density at radius 3 is 2.03 bits per heavy atom. The molecule has 35 heavy (non-hydrogen) atoms. The average Bonchev–Trinajstić information content (AvgIpc) is 3.16. The number of carbonyl (C=O) groups is 3. The van der Waals surface area contributed by atoms with Crippen LogP contribution in [-0.4, -0.2) is 35.7 Å². The van der Waals surface area contributed by atoms with E-state index in [0.29, 0.717) is 0 Å². The first kappa shape index (κ1) is 24.0. The molecule has 0 fully saturated rings. The average molecular weight is 473 g/mol. The van der Waals surface area contributed by atoms with Crippen molar-refractivity contribution in [3.8, 4) is 11.1 Å². The van der Waals surface area contributed by atoms with Crippen molar-refractivity contribution in [1.29, 1.82) is 0 Å². The van der Waals surface area contributed by atoms with Gasteiger partial charge in [-0.3, -0.25) is 9.59 Å². The molecule has 0 saturated carbocycles. The van der Waals surface area contributed by atoms with E-state index in [9.17, 15) is 19.5 Å². The highest BCUT2D eigenvalue weighted by Crippen LogP contribution is 2.44. The second-order valence-electron chi connectivity index (χ2n) is 8.76. The van der Waals surface area contributed by atoms with E-state index in [4.69, 9.17) is 4.74 Å². The summed E-state index contributed by atoms with van der Waals surface area (Å²) in [6.45, 7) is 3.84. The van der Waals surface area contributed by atoms with E-state index >= 15 is 0 Å². The molecule has 0 radical (unpaired) electrons. The van der Waals surface area contributed by atoms with Gasteiger partial charge in [0.15, 0.2) is 0 Å². The minimum absolute atomic E-state index is 0.0705. The number of carbonyl (C=O) groups excluding carboxylic acids is 2. The van der Waals surface area contributed by atoms with Gasteiger partial charge in [0.05, 0.1) is 12.5 Å². The number of alkyl carbamates (subject to hydrolysis) is 1. The Morgan fingerprint density at radius 2 is 1.46 bits per heavy atom. The fraction of sp³-hybridized carbons (Fsp3) is 0.250. The van der Waals surface area contributed by atoms with E-state index in [0.717, 1.165) is 33.4 Å². The summed E-state index contributed by atoms with van der Waals surface area (Å²) in [6, 6.07) is 22.0. The normalized spacial score (nSPS) is 13.8. The highest BCUT2D eigenvalue weighted by atomic mass is 16.5. The van der Waals surface area contributed by atoms with E-state index in [1.807, 2.05) is 79.7 Å². The van der Waals surface area contributed by atoms with Crippen LogP contribution in [0.5, 0.6) is 0 Å². The van der Waals surface area contributed by atoms with Crippen LogP contribution in [0.1, 0.15) is 47.6 Å². The molecule has 0 bridgehead atoms. The van der Waals surface area contributed by atoms with Gasteiger partial charge in [0, 0.05) is 5.92 Å². The van der Waals surface area contributed by atoms with Crippen molar-refractivity contribution >= 4 is 18.0 Å². The van der Waals surface area contributed by atoms with E-state index in [-0.39, 0.29) is 18.6 Å². The van der Waals surface area contributed by atoms with Crippen molar-refractivity contribution in [3.05, 3.63) is 95.1 Å². The first-order valence-corrected chi connectivity index (χ1v) is 11.5. The second kappa shape index (κ2) is 10.4. The number of ether oxygens (including phenoxy) is 1. The molecule has 180 valence electrons. The summed E-state index contributed by atoms with van der Waals surface area (Å²) < 4.78 is 5.48. The summed E-state index contributed by atoms with van der Waals surface area (Å²) in [5.74, 6) is -1.93. The summed E-state index contributed by atoms with van der Waals surface area (Å²) in [5.41, 5.74) is 6.30. The van der Waals surface area contributed by atoms with Crippen LogP contribution >= 0.6 is 0 Å². The molecule has 3 aromatic rings. The summed E-state index contributed by atoms with van der Waals surface area (Å²) in [5, 5.41) is 14.5. The molecular formula is C28H28N2O5. The van der Waals surface area contributed by atoms with Crippen LogP contribution in [0.15, 0.2) is 72.8 Å². The molecule has 0 heterocycles. The van der Waals surface area contributed by atoms with Crippen LogP contribution in [0.4, 0.5) is 4.79 Å². The van der Waals surface area contributed by atoms with Crippen LogP contribution in [0, 0.1) is 6.92 Å². The van der Waals surface area contributed by atoms with Gasteiger partial charge in [0.2, 0.25) is 5.91 Å². The van der Waals surface area contributed by atoms with Gasteiger partial charge >= 0.3 is 12.1 Å². The van der Waals surface area contributed by atoms with Gasteiger partial charge in [0.25, 0.3) is 0 Å². The Labute approximate surface area is 204 Å². The van der Waals surface area contributed by atoms with Crippen LogP contribution in [0.25, 0.3) is 11.1 Å². The molecule has 0 saturated heterocycles. The summed E-state index contributed by atoms with van der Waals surface area (Å²) in [6.07, 6.45) is -1.40. The SMILES string of the molecule is Cc1ccc([C@H](C)NC(=O)C(CC(=O)O)NC(=O)OCC2c3ccccc3-c3ccccc32)cc1. The highest BCUT2D eigenvalue weighted by molar-refractivity contribution is 5.89. The maximum Gasteiger partial charge on any atom is 0.407 e. The number of amides is 2. The molecule has 1 unspecified atom stereocenters. The lowest BCUT2D eigenvalue weighted by Crippen LogP contribution is -2.48. The second-order valence-corrected chi connectivity index (χ2v) is 8.76. The predicted octanol–water partition coefficient (Wildman–Crippen LogP) is 4.55. The van der Waals surface area contributed by atoms with Crippen LogP contribution < -0.4 is 10.6 Å². The standard InChI is InChI=1S/C28H28N2O5/c1-17-11-13-19(14-12-17)18(2)29-27(33)25(15-26(31)32)30-28(34)35-16-24-22-9-5-3-7-20(22)21-8-4-6-10-23(21)24/h3-14,18,24-25H,15-16H2,1-2H3,(H,29,33)(H,30,34)(H,31,32)/t18-,25?/m0/s1. The van der Waals surface area contributed by atoms with Crippen molar-refractivity contribution in [2.75, 3.05) is 6.61 Å². The fourth-order valence-corrected chi connectivity index (χ4v) is 4.42. The van der Waals surface area contributed by atoms with Crippen molar-refractivity contribution in [2.24, 2.45) is 0 Å². The summed E-state index contributed by atoms with van der Waals surface area (Å²) in [7, 11) is 0. The zero-order chi connectivity index (χ0) is 24.9. The molecule has 2 atom stereocenters. The van der Waals surface area contributed by atoms with Gasteiger partial charge in [-0.05, 0) is 41.7 Å². The lowest BCUT2D eigenvalue weighted by molar-refractivity contribution is -0.140. The van der Waals surface area contributed by atoms with Crippen LogP contribution in [0.3, 0.4) is 0 Å². The first-order valence-electron chi connectivity index (χ1n) is 11.5. The molecule has 0 aromatic heterocycles. The maximum absolute atomic E-state index is 12.8. The molecular weight excluding hydrogens is 444 g/mol. The minimum atomic E-state index is -1.27. The number of rotatable bonds is 8. The smallest absolute Gasteiger partial charge is 0.407 e. The quantitative estimate of drug-likeness (QED) is 0.446. The minimum Gasteiger partial charge on any atom is -0.481 e. The number of hydrogen-bond acceptors (Lipinski definition) is 4. The molecule has 0 aliphatic heterocycles. The number of carboxylic acid groups (broad SMARTS) is 1. The fourth-order valence-electron chi connectivity index (χ4n) is 4.42. The monoisotopic (exact) mass is 472 g/mol. The molecule has 1 aliphatic rings. The van der Waals surface area contributed by atoms with Gasteiger partial charge in [-0.15, -0.1) is 0 Å². The van der Waals surface area contributed by atoms with Crippen LogP contribution in [-0.2, 0) is 14.3 Å². The first-order chi connectivity index (χ1) is 16.8. The van der Waals surface area contributed by atoms with E-state index < -0.39 is 30.4 Å². The molecule has 3 N–H and O–H groups in total. The number of carboxylic acids is 1. The zero-order valence-electron chi connectivity index (χ0n) is 19.7. The van der Waals surface area contributed by atoms with E-state index in [1.54, 1.807) is 6.92 Å². The zero-order valence-corrected chi connectivity index (χ0v) is 19.7. The largest absolute Gasteiger partial charge is 0.481 e. The molecule has 7 nitrogen and oxygen atoms in total. The van der Waals surface area contributed by atoms with Gasteiger partial charge in [-0.2, -0.15) is 0 Å². The Balaban J connectivity index is 1.40. The lowest BCUT2D eigenvalue weighted by Gasteiger charge is -2.21. The molecule has 4 rings (SSSR count). The van der Waals surface area contributed by atoms with Crippen molar-refractivity contribution in [1.82, 2.24) is 10.6 Å². The Morgan fingerprint density at radius 1 is 0.886 bits per heavy atom. The van der Waals surface area contributed by atoms with Crippen LogP contribution in [0.2, 0.25) is 0 Å². The number of fused-ring (bicyclic) bond motifs is 3. The summed E-state index contributed by atoms with van der Waals surface area (Å²) >= 11 is 0. The van der Waals surface area contributed by atoms with Crippen molar-refractivity contribution in [3.63, 3.8) is 0 Å². The lowest BCUT2D eigenvalue weighted by atomic mass is 9.98. The van der Waals surface area contributed by atoms with Gasteiger partial charge < -0.3 is 20.5 Å². The topological polar surface area (TPSA) is 105 Å². The third kappa shape index (κ3) is 5.51. The van der Waals surface area contributed by atoms with Gasteiger partial charge in [-0.25, -0.2) is 4.79 Å². The summed E-state index contributed by atoms with van der Waals surface area (Å²) in [4.78, 5) is 36.8. The molecule has 2 amide bonds. The number of nitrogens with one attached hydrogen (secondary N) is 2. The number of aryl methyl sites for hydroxylation is 1. The third-order valence-corrected chi connectivity index (χ3v) is 6.27. The molecule has 7 heteroatoms. The van der Waals surface area contributed by atoms with Gasteiger partial charge in [0.1, 0.15) is 12.6 Å². The number of hydrogen-bond donors (Lipinski definition) is 3. The molecule has 1 aliphatic carbocycles. The Hall–Kier alpha value is -4.13. The van der Waals surface area contributed by atoms with E-state index in [1.165, 1.54) is 0 Å². The predicted molar refractivity (Wildman–Crippen MR) is 132 cm³/mol. The number of benzene rings is 3. The highest BCUT2D eigenvalue weighted by Gasteiger charge is 2.30.